The molecule has 2 saturated carbocycles. The van der Waals surface area contributed by atoms with Gasteiger partial charge in [0.05, 0.1) is 6.26 Å². The number of furan rings is 1. The molecule has 1 amide bonds. The smallest absolute Gasteiger partial charge is 0.247 e. The number of hydrogen-bond acceptors (Lipinski definition) is 3. The van der Waals surface area contributed by atoms with Crippen molar-refractivity contribution < 1.29 is 9.21 Å². The minimum atomic E-state index is -0.309. The predicted octanol–water partition coefficient (Wildman–Crippen LogP) is 2.36. The van der Waals surface area contributed by atoms with Gasteiger partial charge in [0.25, 0.3) is 0 Å². The van der Waals surface area contributed by atoms with E-state index in [1.165, 1.54) is 31.2 Å². The second-order valence-electron chi connectivity index (χ2n) is 7.00. The van der Waals surface area contributed by atoms with E-state index < -0.39 is 0 Å². The molecule has 2 heterocycles. The second-order valence-corrected chi connectivity index (χ2v) is 7.00. The standard InChI is InChI=1S/C17H24N2O2/c1-18-15-16-12(5-7-21-16)4-6-19(17(15)20)10-14-9-11-2-3-13(14)8-11/h5,7,11,13-15,18H,2-4,6,8-10H2,1H3. The van der Waals surface area contributed by atoms with Crippen LogP contribution in [0.2, 0.25) is 0 Å². The molecule has 4 heteroatoms. The zero-order valence-corrected chi connectivity index (χ0v) is 12.7. The largest absolute Gasteiger partial charge is 0.467 e. The summed E-state index contributed by atoms with van der Waals surface area (Å²) in [5.74, 6) is 3.55. The van der Waals surface area contributed by atoms with Crippen molar-refractivity contribution in [1.29, 1.82) is 0 Å². The Kier molecular flexibility index (Phi) is 3.29. The van der Waals surface area contributed by atoms with E-state index in [9.17, 15) is 4.79 Å². The summed E-state index contributed by atoms with van der Waals surface area (Å²) in [7, 11) is 1.84. The average Bonchev–Trinajstić information content (AvgIpc) is 3.19. The highest BCUT2D eigenvalue weighted by Crippen LogP contribution is 2.48. The van der Waals surface area contributed by atoms with Gasteiger partial charge in [-0.15, -0.1) is 0 Å². The quantitative estimate of drug-likeness (QED) is 0.928. The van der Waals surface area contributed by atoms with Gasteiger partial charge in [-0.1, -0.05) is 6.42 Å². The van der Waals surface area contributed by atoms with Crippen molar-refractivity contribution >= 4 is 5.91 Å². The monoisotopic (exact) mass is 288 g/mol. The lowest BCUT2D eigenvalue weighted by molar-refractivity contribution is -0.134. The van der Waals surface area contributed by atoms with Crippen LogP contribution in [-0.4, -0.2) is 30.9 Å². The van der Waals surface area contributed by atoms with Crippen LogP contribution in [0.4, 0.5) is 0 Å². The summed E-state index contributed by atoms with van der Waals surface area (Å²) in [4.78, 5) is 14.9. The fourth-order valence-electron chi connectivity index (χ4n) is 4.79. The molecule has 0 radical (unpaired) electrons. The van der Waals surface area contributed by atoms with Gasteiger partial charge in [-0.25, -0.2) is 0 Å². The van der Waals surface area contributed by atoms with Crippen molar-refractivity contribution in [3.05, 3.63) is 23.7 Å². The number of nitrogens with one attached hydrogen (secondary N) is 1. The molecule has 2 aliphatic carbocycles. The Labute approximate surface area is 125 Å². The predicted molar refractivity (Wildman–Crippen MR) is 79.7 cm³/mol. The third-order valence-electron chi connectivity index (χ3n) is 5.88. The van der Waals surface area contributed by atoms with Crippen molar-refractivity contribution in [2.24, 2.45) is 17.8 Å². The number of amides is 1. The molecule has 0 spiro atoms. The molecule has 1 N–H and O–H groups in total. The number of rotatable bonds is 3. The van der Waals surface area contributed by atoms with Crippen molar-refractivity contribution in [2.75, 3.05) is 20.1 Å². The fraction of sp³-hybridized carbons (Fsp3) is 0.706. The lowest BCUT2D eigenvalue weighted by Crippen LogP contribution is -2.42. The normalized spacial score (nSPS) is 35.1. The van der Waals surface area contributed by atoms with Crippen LogP contribution < -0.4 is 5.32 Å². The SMILES string of the molecule is CNC1C(=O)N(CC2CC3CCC2C3)CCc2ccoc21. The summed E-state index contributed by atoms with van der Waals surface area (Å²) < 4.78 is 5.57. The second kappa shape index (κ2) is 5.16. The molecule has 2 bridgehead atoms. The maximum atomic E-state index is 12.8. The Morgan fingerprint density at radius 1 is 1.38 bits per heavy atom. The molecule has 2 fully saturated rings. The van der Waals surface area contributed by atoms with Crippen LogP contribution >= 0.6 is 0 Å². The van der Waals surface area contributed by atoms with Crippen LogP contribution in [0.25, 0.3) is 0 Å². The van der Waals surface area contributed by atoms with Gasteiger partial charge in [0.1, 0.15) is 11.8 Å². The molecule has 21 heavy (non-hydrogen) atoms. The molecule has 1 aromatic heterocycles. The zero-order valence-electron chi connectivity index (χ0n) is 12.7. The molecule has 1 aromatic rings. The van der Waals surface area contributed by atoms with Gasteiger partial charge in [0, 0.05) is 13.1 Å². The van der Waals surface area contributed by atoms with Crippen LogP contribution in [0.3, 0.4) is 0 Å². The van der Waals surface area contributed by atoms with E-state index in [2.05, 4.69) is 10.2 Å². The Bertz CT molecular complexity index is 539. The van der Waals surface area contributed by atoms with Crippen molar-refractivity contribution in [3.8, 4) is 0 Å². The van der Waals surface area contributed by atoms with E-state index in [1.54, 1.807) is 6.26 Å². The van der Waals surface area contributed by atoms with Crippen LogP contribution in [-0.2, 0) is 11.2 Å². The number of nitrogens with zero attached hydrogens (tertiary/aromatic N) is 1. The van der Waals surface area contributed by atoms with Gasteiger partial charge in [0.15, 0.2) is 0 Å². The minimum absolute atomic E-state index is 0.189. The maximum Gasteiger partial charge on any atom is 0.247 e. The number of hydrogen-bond donors (Lipinski definition) is 1. The van der Waals surface area contributed by atoms with Crippen LogP contribution in [0, 0.1) is 17.8 Å². The summed E-state index contributed by atoms with van der Waals surface area (Å²) in [6, 6.07) is 1.70. The van der Waals surface area contributed by atoms with Crippen LogP contribution in [0.15, 0.2) is 16.7 Å². The van der Waals surface area contributed by atoms with Crippen LogP contribution in [0.1, 0.15) is 43.0 Å². The molecule has 4 unspecified atom stereocenters. The zero-order chi connectivity index (χ0) is 14.4. The molecule has 0 aromatic carbocycles. The summed E-state index contributed by atoms with van der Waals surface area (Å²) in [6.45, 7) is 1.78. The average molecular weight is 288 g/mol. The van der Waals surface area contributed by atoms with Crippen LogP contribution in [0.5, 0.6) is 0 Å². The molecule has 4 nitrogen and oxygen atoms in total. The number of likely N-dealkylation sites (N-methyl/N-ethyl adjacent to an activating group) is 1. The van der Waals surface area contributed by atoms with Crippen molar-refractivity contribution in [3.63, 3.8) is 0 Å². The molecular formula is C17H24N2O2. The van der Waals surface area contributed by atoms with E-state index in [4.69, 9.17) is 4.42 Å². The first-order valence-corrected chi connectivity index (χ1v) is 8.28. The number of carbonyl (C=O) groups excluding carboxylic acids is 1. The summed E-state index contributed by atoms with van der Waals surface area (Å²) >= 11 is 0. The minimum Gasteiger partial charge on any atom is -0.467 e. The van der Waals surface area contributed by atoms with E-state index in [0.717, 1.165) is 43.0 Å². The van der Waals surface area contributed by atoms with Gasteiger partial charge < -0.3 is 14.6 Å². The summed E-state index contributed by atoms with van der Waals surface area (Å²) in [5.41, 5.74) is 1.18. The third kappa shape index (κ3) is 2.20. The molecule has 4 atom stereocenters. The Hall–Kier alpha value is -1.29. The molecule has 1 aliphatic heterocycles. The van der Waals surface area contributed by atoms with Gasteiger partial charge in [-0.05, 0) is 62.1 Å². The van der Waals surface area contributed by atoms with Gasteiger partial charge >= 0.3 is 0 Å². The lowest BCUT2D eigenvalue weighted by atomic mass is 9.88. The van der Waals surface area contributed by atoms with Crippen molar-refractivity contribution in [2.45, 2.75) is 38.1 Å². The molecule has 4 rings (SSSR count). The number of fused-ring (bicyclic) bond motifs is 3. The van der Waals surface area contributed by atoms with Gasteiger partial charge in [0.2, 0.25) is 5.91 Å². The Morgan fingerprint density at radius 2 is 2.29 bits per heavy atom. The Morgan fingerprint density at radius 3 is 3.00 bits per heavy atom. The fourth-order valence-corrected chi connectivity index (χ4v) is 4.79. The first-order chi connectivity index (χ1) is 10.3. The van der Waals surface area contributed by atoms with E-state index in [0.29, 0.717) is 0 Å². The highest BCUT2D eigenvalue weighted by atomic mass is 16.3. The highest BCUT2D eigenvalue weighted by Gasteiger charge is 2.41. The number of carbonyl (C=O) groups is 1. The van der Waals surface area contributed by atoms with E-state index >= 15 is 0 Å². The van der Waals surface area contributed by atoms with Gasteiger partial charge in [-0.3, -0.25) is 4.79 Å². The molecule has 3 aliphatic rings. The molecular weight excluding hydrogens is 264 g/mol. The molecule has 114 valence electrons. The van der Waals surface area contributed by atoms with Gasteiger partial charge in [-0.2, -0.15) is 0 Å². The molecule has 0 saturated heterocycles. The summed E-state index contributed by atoms with van der Waals surface area (Å²) in [5, 5.41) is 3.14. The summed E-state index contributed by atoms with van der Waals surface area (Å²) in [6.07, 6.45) is 8.16. The Balaban J connectivity index is 1.51. The highest BCUT2D eigenvalue weighted by molar-refractivity contribution is 5.83. The van der Waals surface area contributed by atoms with Crippen molar-refractivity contribution in [1.82, 2.24) is 10.2 Å². The topological polar surface area (TPSA) is 45.5 Å². The first-order valence-electron chi connectivity index (χ1n) is 8.28. The van der Waals surface area contributed by atoms with E-state index in [-0.39, 0.29) is 11.9 Å². The lowest BCUT2D eigenvalue weighted by Gasteiger charge is -2.30. The first kappa shape index (κ1) is 13.4. The maximum absolute atomic E-state index is 12.8. The third-order valence-corrected chi connectivity index (χ3v) is 5.88. The van der Waals surface area contributed by atoms with E-state index in [1.807, 2.05) is 13.1 Å².